The Morgan fingerprint density at radius 2 is 2.29 bits per heavy atom. The summed E-state index contributed by atoms with van der Waals surface area (Å²) >= 11 is 2.17. The molecule has 2 heterocycles. The first kappa shape index (κ1) is 11.2. The molecule has 0 amide bonds. The average molecular weight is 344 g/mol. The maximum absolute atomic E-state index is 9.80. The summed E-state index contributed by atoms with van der Waals surface area (Å²) in [5.41, 5.74) is 6.19. The molecule has 0 aromatic carbocycles. The van der Waals surface area contributed by atoms with Crippen molar-refractivity contribution in [2.24, 2.45) is 0 Å². The monoisotopic (exact) mass is 344 g/mol. The zero-order valence-corrected chi connectivity index (χ0v) is 11.5. The van der Waals surface area contributed by atoms with E-state index in [9.17, 15) is 5.11 Å². The van der Waals surface area contributed by atoms with E-state index in [2.05, 4.69) is 32.6 Å². The smallest absolute Gasteiger partial charge is 0.150 e. The number of nitrogens with two attached hydrogens (primary N) is 1. The minimum absolute atomic E-state index is 0.308. The summed E-state index contributed by atoms with van der Waals surface area (Å²) in [6, 6.07) is 0. The van der Waals surface area contributed by atoms with Crippen LogP contribution in [0.2, 0.25) is 0 Å². The Hall–Kier alpha value is -0.890. The van der Waals surface area contributed by atoms with Gasteiger partial charge in [0.2, 0.25) is 0 Å². The van der Waals surface area contributed by atoms with Gasteiger partial charge in [-0.1, -0.05) is 0 Å². The highest BCUT2D eigenvalue weighted by Crippen LogP contribution is 2.44. The maximum Gasteiger partial charge on any atom is 0.150 e. The number of hydrogen-bond donors (Lipinski definition) is 2. The molecular formula is C11H13IN4O. The van der Waals surface area contributed by atoms with Crippen molar-refractivity contribution >= 4 is 33.9 Å². The molecule has 90 valence electrons. The lowest BCUT2D eigenvalue weighted by molar-refractivity contribution is -0.0335. The third-order valence-corrected chi connectivity index (χ3v) is 4.06. The zero-order chi connectivity index (χ0) is 12.2. The molecule has 0 aliphatic heterocycles. The van der Waals surface area contributed by atoms with Crippen molar-refractivity contribution in [1.82, 2.24) is 14.4 Å². The van der Waals surface area contributed by atoms with Crippen LogP contribution in [0.25, 0.3) is 5.52 Å². The van der Waals surface area contributed by atoms with Gasteiger partial charge in [-0.3, -0.25) is 4.40 Å². The second-order valence-electron chi connectivity index (χ2n) is 4.89. The van der Waals surface area contributed by atoms with E-state index in [1.165, 1.54) is 0 Å². The van der Waals surface area contributed by atoms with Crippen LogP contribution in [-0.4, -0.2) is 25.1 Å². The molecule has 0 unspecified atom stereocenters. The van der Waals surface area contributed by atoms with Crippen LogP contribution in [0.4, 0.5) is 5.82 Å². The normalized spacial score (nSPS) is 28.3. The molecule has 3 N–H and O–H groups in total. The van der Waals surface area contributed by atoms with Gasteiger partial charge in [-0.25, -0.2) is 9.97 Å². The van der Waals surface area contributed by atoms with Crippen molar-refractivity contribution in [3.8, 4) is 0 Å². The third kappa shape index (κ3) is 1.70. The van der Waals surface area contributed by atoms with E-state index >= 15 is 0 Å². The molecule has 0 atom stereocenters. The molecule has 1 aliphatic carbocycles. The van der Waals surface area contributed by atoms with Crippen molar-refractivity contribution in [2.75, 3.05) is 5.73 Å². The highest BCUT2D eigenvalue weighted by molar-refractivity contribution is 14.1. The molecule has 1 aliphatic rings. The van der Waals surface area contributed by atoms with Crippen molar-refractivity contribution in [1.29, 1.82) is 0 Å². The van der Waals surface area contributed by atoms with Crippen LogP contribution in [0.15, 0.2) is 12.4 Å². The summed E-state index contributed by atoms with van der Waals surface area (Å²) in [5.74, 6) is 1.79. The Kier molecular flexibility index (Phi) is 2.34. The van der Waals surface area contributed by atoms with Gasteiger partial charge < -0.3 is 10.8 Å². The molecule has 6 heteroatoms. The van der Waals surface area contributed by atoms with Gasteiger partial charge in [0.05, 0.1) is 5.60 Å². The maximum atomic E-state index is 9.80. The van der Waals surface area contributed by atoms with Gasteiger partial charge in [-0.05, 0) is 42.4 Å². The van der Waals surface area contributed by atoms with E-state index in [1.807, 2.05) is 17.5 Å². The number of nitrogen functional groups attached to an aromatic ring is 1. The predicted octanol–water partition coefficient (Wildman–Crippen LogP) is 1.54. The predicted molar refractivity (Wildman–Crippen MR) is 72.7 cm³/mol. The number of imidazole rings is 1. The highest BCUT2D eigenvalue weighted by atomic mass is 127. The first-order chi connectivity index (χ1) is 7.98. The van der Waals surface area contributed by atoms with Crippen molar-refractivity contribution < 1.29 is 5.11 Å². The van der Waals surface area contributed by atoms with Crippen LogP contribution in [-0.2, 0) is 0 Å². The Morgan fingerprint density at radius 1 is 1.59 bits per heavy atom. The largest absolute Gasteiger partial charge is 0.390 e. The number of aliphatic hydroxyl groups is 1. The van der Waals surface area contributed by atoms with Gasteiger partial charge in [0, 0.05) is 18.3 Å². The van der Waals surface area contributed by atoms with Gasteiger partial charge in [-0.2, -0.15) is 0 Å². The van der Waals surface area contributed by atoms with E-state index in [-0.39, 0.29) is 0 Å². The fraction of sp³-hybridized carbons (Fsp3) is 0.455. The van der Waals surface area contributed by atoms with Crippen LogP contribution < -0.4 is 5.73 Å². The lowest BCUT2D eigenvalue weighted by atomic mass is 9.72. The Bertz CT molecular complexity index is 584. The summed E-state index contributed by atoms with van der Waals surface area (Å²) in [7, 11) is 0. The minimum atomic E-state index is -0.541. The lowest BCUT2D eigenvalue weighted by Crippen LogP contribution is -2.40. The summed E-state index contributed by atoms with van der Waals surface area (Å²) < 4.78 is 2.86. The van der Waals surface area contributed by atoms with Gasteiger partial charge in [0.15, 0.2) is 5.82 Å². The van der Waals surface area contributed by atoms with E-state index < -0.39 is 5.60 Å². The van der Waals surface area contributed by atoms with Crippen LogP contribution >= 0.6 is 22.6 Å². The standard InChI is InChI=1S/C11H13IN4O/c1-11(17)4-6(5-11)10-15-8(12)7-9(13)14-2-3-16(7)10/h2-3,6,17H,4-5H2,1H3,(H2,13,14)/t6-,11+. The summed E-state index contributed by atoms with van der Waals surface area (Å²) in [6.07, 6.45) is 5.07. The van der Waals surface area contributed by atoms with Crippen molar-refractivity contribution in [3.05, 3.63) is 21.9 Å². The van der Waals surface area contributed by atoms with Crippen molar-refractivity contribution in [3.63, 3.8) is 0 Å². The van der Waals surface area contributed by atoms with Gasteiger partial charge >= 0.3 is 0 Å². The second kappa shape index (κ2) is 3.55. The molecule has 1 saturated carbocycles. The highest BCUT2D eigenvalue weighted by Gasteiger charge is 2.41. The molecule has 0 radical (unpaired) electrons. The molecule has 0 bridgehead atoms. The molecule has 0 saturated heterocycles. The molecule has 17 heavy (non-hydrogen) atoms. The van der Waals surface area contributed by atoms with Crippen LogP contribution in [0.3, 0.4) is 0 Å². The SMILES string of the molecule is C[C@]1(O)C[C@@H](c2nc(I)c3c(N)nccn32)C1. The van der Waals surface area contributed by atoms with Gasteiger partial charge in [-0.15, -0.1) is 0 Å². The van der Waals surface area contributed by atoms with E-state index in [0.29, 0.717) is 11.7 Å². The lowest BCUT2D eigenvalue weighted by Gasteiger charge is -2.40. The third-order valence-electron chi connectivity index (χ3n) is 3.31. The van der Waals surface area contributed by atoms with Gasteiger partial charge in [0.25, 0.3) is 0 Å². The molecule has 2 aromatic heterocycles. The van der Waals surface area contributed by atoms with Crippen LogP contribution in [0.5, 0.6) is 0 Å². The minimum Gasteiger partial charge on any atom is -0.390 e. The molecule has 5 nitrogen and oxygen atoms in total. The number of rotatable bonds is 1. The Labute approximate surface area is 112 Å². The van der Waals surface area contributed by atoms with Crippen LogP contribution in [0.1, 0.15) is 31.5 Å². The number of aromatic nitrogens is 3. The Balaban J connectivity index is 2.10. The molecule has 2 aromatic rings. The summed E-state index contributed by atoms with van der Waals surface area (Å²) in [4.78, 5) is 8.63. The second-order valence-corrected chi connectivity index (χ2v) is 5.92. The summed E-state index contributed by atoms with van der Waals surface area (Å²) in [5, 5.41) is 9.80. The molecule has 0 spiro atoms. The van der Waals surface area contributed by atoms with E-state index in [1.54, 1.807) is 6.20 Å². The van der Waals surface area contributed by atoms with Crippen LogP contribution in [0, 0.1) is 3.70 Å². The fourth-order valence-corrected chi connectivity index (χ4v) is 3.30. The quantitative estimate of drug-likeness (QED) is 0.770. The number of hydrogen-bond acceptors (Lipinski definition) is 4. The molecule has 1 fully saturated rings. The molecular weight excluding hydrogens is 331 g/mol. The first-order valence-corrected chi connectivity index (χ1v) is 6.56. The number of fused-ring (bicyclic) bond motifs is 1. The molecule has 3 rings (SSSR count). The fourth-order valence-electron chi connectivity index (χ4n) is 2.52. The van der Waals surface area contributed by atoms with Gasteiger partial charge in [0.1, 0.15) is 15.0 Å². The average Bonchev–Trinajstić information content (AvgIpc) is 2.54. The Morgan fingerprint density at radius 3 is 2.94 bits per heavy atom. The van der Waals surface area contributed by atoms with Crippen molar-refractivity contribution in [2.45, 2.75) is 31.3 Å². The topological polar surface area (TPSA) is 76.4 Å². The first-order valence-electron chi connectivity index (χ1n) is 5.48. The number of nitrogens with zero attached hydrogens (tertiary/aromatic N) is 3. The van der Waals surface area contributed by atoms with E-state index in [4.69, 9.17) is 5.73 Å². The zero-order valence-electron chi connectivity index (χ0n) is 9.39. The van der Waals surface area contributed by atoms with E-state index in [0.717, 1.165) is 27.9 Å². The number of anilines is 1. The summed E-state index contributed by atoms with van der Waals surface area (Å²) in [6.45, 7) is 1.86. The number of halogens is 1.